The van der Waals surface area contributed by atoms with E-state index < -0.39 is 12.2 Å². The molecule has 0 aliphatic rings. The summed E-state index contributed by atoms with van der Waals surface area (Å²) in [5.41, 5.74) is 0. The maximum Gasteiger partial charge on any atom is 0.407 e. The molecule has 0 aromatic heterocycles. The predicted octanol–water partition coefficient (Wildman–Crippen LogP) is 1.86. The highest BCUT2D eigenvalue weighted by atomic mass is 16.6. The van der Waals surface area contributed by atoms with Crippen molar-refractivity contribution in [1.29, 1.82) is 5.26 Å². The van der Waals surface area contributed by atoms with Crippen molar-refractivity contribution in [1.82, 2.24) is 15.5 Å². The molecule has 0 unspecified atom stereocenters. The van der Waals surface area contributed by atoms with Gasteiger partial charge in [0.2, 0.25) is 0 Å². The Kier molecular flexibility index (Phi) is 14.5. The Hall–Kier alpha value is -2.01. The second kappa shape index (κ2) is 15.9. The lowest BCUT2D eigenvalue weighted by molar-refractivity contribution is 0.111. The van der Waals surface area contributed by atoms with Gasteiger partial charge in [-0.3, -0.25) is 4.90 Å². The minimum Gasteiger partial charge on any atom is -0.448 e. The van der Waals surface area contributed by atoms with E-state index in [1.54, 1.807) is 4.90 Å². The number of nitrogens with zero attached hydrogens (tertiary/aromatic N) is 2. The van der Waals surface area contributed by atoms with Crippen molar-refractivity contribution >= 4 is 12.2 Å². The van der Waals surface area contributed by atoms with Gasteiger partial charge in [-0.1, -0.05) is 26.7 Å². The Labute approximate surface area is 144 Å². The average molecular weight is 342 g/mol. The first kappa shape index (κ1) is 22.0. The van der Waals surface area contributed by atoms with Gasteiger partial charge >= 0.3 is 12.2 Å². The fraction of sp³-hybridized carbons (Fsp3) is 0.812. The molecule has 2 N–H and O–H groups in total. The van der Waals surface area contributed by atoms with Crippen molar-refractivity contribution in [3.8, 4) is 6.07 Å². The highest BCUT2D eigenvalue weighted by molar-refractivity contribution is 5.67. The Morgan fingerprint density at radius 1 is 0.958 bits per heavy atom. The first-order chi connectivity index (χ1) is 11.6. The lowest BCUT2D eigenvalue weighted by atomic mass is 10.3. The largest absolute Gasteiger partial charge is 0.448 e. The van der Waals surface area contributed by atoms with Gasteiger partial charge in [0.15, 0.2) is 0 Å². The molecule has 2 amide bonds. The lowest BCUT2D eigenvalue weighted by Crippen LogP contribution is -2.35. The normalized spacial score (nSPS) is 10.1. The van der Waals surface area contributed by atoms with Crippen LogP contribution in [0.1, 0.15) is 39.5 Å². The number of alkyl carbamates (subject to hydrolysis) is 2. The zero-order valence-corrected chi connectivity index (χ0v) is 14.8. The third-order valence-electron chi connectivity index (χ3n) is 3.17. The molecule has 0 spiro atoms. The first-order valence-corrected chi connectivity index (χ1v) is 8.54. The average Bonchev–Trinajstić information content (AvgIpc) is 2.55. The van der Waals surface area contributed by atoms with Crippen LogP contribution in [0.25, 0.3) is 0 Å². The van der Waals surface area contributed by atoms with Gasteiger partial charge in [0.1, 0.15) is 13.2 Å². The smallest absolute Gasteiger partial charge is 0.407 e. The van der Waals surface area contributed by atoms with E-state index in [0.717, 1.165) is 25.7 Å². The summed E-state index contributed by atoms with van der Waals surface area (Å²) in [5.74, 6) is 0. The summed E-state index contributed by atoms with van der Waals surface area (Å²) >= 11 is 0. The van der Waals surface area contributed by atoms with E-state index in [4.69, 9.17) is 14.7 Å². The molecule has 0 aromatic rings. The monoisotopic (exact) mass is 342 g/mol. The Balaban J connectivity index is 3.82. The molecule has 8 heteroatoms. The minimum absolute atomic E-state index is 0.182. The molecule has 24 heavy (non-hydrogen) atoms. The van der Waals surface area contributed by atoms with Crippen LogP contribution in [0.4, 0.5) is 9.59 Å². The number of hydrogen-bond acceptors (Lipinski definition) is 6. The number of carbonyl (C=O) groups is 2. The standard InChI is InChI=1S/C16H30N4O4/c1-3-5-8-18-15(21)23-13-11-20(10-7-17)12-14-24-16(22)19-9-6-4-2/h3-6,8-14H2,1-2H3,(H,18,21)(H,19,22). The van der Waals surface area contributed by atoms with Crippen molar-refractivity contribution in [3.63, 3.8) is 0 Å². The molecule has 0 aliphatic heterocycles. The van der Waals surface area contributed by atoms with E-state index in [2.05, 4.69) is 10.6 Å². The minimum atomic E-state index is -0.452. The van der Waals surface area contributed by atoms with E-state index >= 15 is 0 Å². The zero-order chi connectivity index (χ0) is 18.0. The molecular formula is C16H30N4O4. The van der Waals surface area contributed by atoms with E-state index in [0.29, 0.717) is 26.2 Å². The number of amides is 2. The summed E-state index contributed by atoms with van der Waals surface area (Å²) in [6.07, 6.45) is 2.92. The van der Waals surface area contributed by atoms with E-state index in [9.17, 15) is 9.59 Å². The van der Waals surface area contributed by atoms with Crippen LogP contribution in [-0.4, -0.2) is 63.0 Å². The van der Waals surface area contributed by atoms with Crippen molar-refractivity contribution < 1.29 is 19.1 Å². The molecule has 8 nitrogen and oxygen atoms in total. The summed E-state index contributed by atoms with van der Waals surface area (Å²) in [6.45, 7) is 6.64. The van der Waals surface area contributed by atoms with Gasteiger partial charge < -0.3 is 20.1 Å². The number of unbranched alkanes of at least 4 members (excludes halogenated alkanes) is 2. The fourth-order valence-electron chi connectivity index (χ4n) is 1.74. The van der Waals surface area contributed by atoms with Gasteiger partial charge in [0.05, 0.1) is 12.6 Å². The third-order valence-corrected chi connectivity index (χ3v) is 3.17. The molecule has 0 heterocycles. The number of rotatable bonds is 13. The molecule has 138 valence electrons. The molecule has 0 bridgehead atoms. The molecule has 0 radical (unpaired) electrons. The zero-order valence-electron chi connectivity index (χ0n) is 14.8. The molecular weight excluding hydrogens is 312 g/mol. The van der Waals surface area contributed by atoms with Gasteiger partial charge in [-0.25, -0.2) is 9.59 Å². The van der Waals surface area contributed by atoms with Crippen LogP contribution in [-0.2, 0) is 9.47 Å². The van der Waals surface area contributed by atoms with Crippen molar-refractivity contribution in [2.75, 3.05) is 45.9 Å². The maximum atomic E-state index is 11.4. The summed E-state index contributed by atoms with van der Waals surface area (Å²) in [7, 11) is 0. The summed E-state index contributed by atoms with van der Waals surface area (Å²) in [4.78, 5) is 24.5. The topological polar surface area (TPSA) is 104 Å². The highest BCUT2D eigenvalue weighted by Gasteiger charge is 2.08. The fourth-order valence-corrected chi connectivity index (χ4v) is 1.74. The van der Waals surface area contributed by atoms with Gasteiger partial charge in [0, 0.05) is 26.2 Å². The second-order valence-electron chi connectivity index (χ2n) is 5.27. The van der Waals surface area contributed by atoms with Gasteiger partial charge in [0.25, 0.3) is 0 Å². The molecule has 0 saturated carbocycles. The van der Waals surface area contributed by atoms with Crippen LogP contribution in [0.5, 0.6) is 0 Å². The van der Waals surface area contributed by atoms with Crippen molar-refractivity contribution in [3.05, 3.63) is 0 Å². The molecule has 0 aliphatic carbocycles. The Morgan fingerprint density at radius 3 is 1.79 bits per heavy atom. The van der Waals surface area contributed by atoms with Crippen LogP contribution in [0.3, 0.4) is 0 Å². The number of carbonyl (C=O) groups excluding carboxylic acids is 2. The van der Waals surface area contributed by atoms with E-state index in [1.165, 1.54) is 0 Å². The van der Waals surface area contributed by atoms with Crippen LogP contribution in [0.2, 0.25) is 0 Å². The summed E-state index contributed by atoms with van der Waals surface area (Å²) < 4.78 is 10.1. The van der Waals surface area contributed by atoms with Crippen molar-refractivity contribution in [2.24, 2.45) is 0 Å². The summed E-state index contributed by atoms with van der Waals surface area (Å²) in [6, 6.07) is 2.04. The molecule has 0 fully saturated rings. The molecule has 0 aromatic carbocycles. The van der Waals surface area contributed by atoms with E-state index in [1.807, 2.05) is 19.9 Å². The third kappa shape index (κ3) is 13.6. The molecule has 0 saturated heterocycles. The number of nitrogens with one attached hydrogen (secondary N) is 2. The van der Waals surface area contributed by atoms with E-state index in [-0.39, 0.29) is 19.8 Å². The lowest BCUT2D eigenvalue weighted by Gasteiger charge is -2.18. The van der Waals surface area contributed by atoms with Crippen LogP contribution in [0.15, 0.2) is 0 Å². The maximum absolute atomic E-state index is 11.4. The Morgan fingerprint density at radius 2 is 1.42 bits per heavy atom. The first-order valence-electron chi connectivity index (χ1n) is 8.54. The molecule has 0 rings (SSSR count). The highest BCUT2D eigenvalue weighted by Crippen LogP contribution is 1.91. The number of nitriles is 1. The van der Waals surface area contributed by atoms with Crippen LogP contribution in [0, 0.1) is 11.3 Å². The second-order valence-corrected chi connectivity index (χ2v) is 5.27. The number of ether oxygens (including phenoxy) is 2. The van der Waals surface area contributed by atoms with Crippen LogP contribution < -0.4 is 10.6 Å². The number of hydrogen-bond donors (Lipinski definition) is 2. The SMILES string of the molecule is CCCCNC(=O)OCCN(CC#N)CCOC(=O)NCCCC. The summed E-state index contributed by atoms with van der Waals surface area (Å²) in [5, 5.41) is 14.1. The quantitative estimate of drug-likeness (QED) is 0.391. The van der Waals surface area contributed by atoms with Crippen LogP contribution >= 0.6 is 0 Å². The van der Waals surface area contributed by atoms with Gasteiger partial charge in [-0.2, -0.15) is 5.26 Å². The Bertz CT molecular complexity index is 357. The van der Waals surface area contributed by atoms with Gasteiger partial charge in [-0.05, 0) is 12.8 Å². The van der Waals surface area contributed by atoms with Crippen molar-refractivity contribution in [2.45, 2.75) is 39.5 Å². The van der Waals surface area contributed by atoms with Gasteiger partial charge in [-0.15, -0.1) is 0 Å². The molecule has 0 atom stereocenters. The predicted molar refractivity (Wildman–Crippen MR) is 90.6 cm³/mol.